The van der Waals surface area contributed by atoms with E-state index in [-0.39, 0.29) is 5.97 Å². The van der Waals surface area contributed by atoms with Crippen LogP contribution in [0.3, 0.4) is 0 Å². The maximum atomic E-state index is 11.3. The first-order valence-electron chi connectivity index (χ1n) is 4.16. The van der Waals surface area contributed by atoms with Crippen LogP contribution in [0.5, 0.6) is 0 Å². The van der Waals surface area contributed by atoms with E-state index in [1.807, 2.05) is 26.8 Å². The van der Waals surface area contributed by atoms with Gasteiger partial charge in [0.2, 0.25) is 0 Å². The molecule has 68 valence electrons. The fourth-order valence-electron chi connectivity index (χ4n) is 0.984. The Kier molecular flexibility index (Phi) is 2.40. The molecule has 0 aliphatic carbocycles. The molecule has 0 radical (unpaired) electrons. The monoisotopic (exact) mass is 169 g/mol. The highest BCUT2D eigenvalue weighted by molar-refractivity contribution is 5.88. The summed E-state index contributed by atoms with van der Waals surface area (Å²) in [5.74, 6) is -0.250. The van der Waals surface area contributed by atoms with E-state index >= 15 is 0 Å². The van der Waals surface area contributed by atoms with E-state index in [2.05, 4.69) is 5.32 Å². The van der Waals surface area contributed by atoms with Gasteiger partial charge in [0.15, 0.2) is 0 Å². The maximum absolute atomic E-state index is 11.3. The van der Waals surface area contributed by atoms with E-state index in [1.165, 1.54) is 0 Å². The lowest BCUT2D eigenvalue weighted by molar-refractivity contribution is -0.150. The smallest absolute Gasteiger partial charge is 0.354 e. The normalized spacial score (nSPS) is 16.8. The lowest BCUT2D eigenvalue weighted by Gasteiger charge is -2.19. The average Bonchev–Trinajstić information content (AvgIpc) is 2.32. The second-order valence-electron chi connectivity index (χ2n) is 3.84. The number of esters is 1. The molecule has 3 nitrogen and oxygen atoms in total. The summed E-state index contributed by atoms with van der Waals surface area (Å²) >= 11 is 0. The van der Waals surface area contributed by atoms with Crippen LogP contribution in [0.25, 0.3) is 0 Å². The summed E-state index contributed by atoms with van der Waals surface area (Å²) in [7, 11) is 0. The molecule has 0 unspecified atom stereocenters. The second kappa shape index (κ2) is 3.17. The highest BCUT2D eigenvalue weighted by Gasteiger charge is 2.20. The molecule has 1 heterocycles. The van der Waals surface area contributed by atoms with Crippen LogP contribution in [-0.2, 0) is 9.53 Å². The van der Waals surface area contributed by atoms with Gasteiger partial charge in [-0.05, 0) is 27.2 Å². The molecule has 0 saturated carbocycles. The Labute approximate surface area is 72.8 Å². The third-order valence-corrected chi connectivity index (χ3v) is 1.43. The molecular weight excluding hydrogens is 154 g/mol. The summed E-state index contributed by atoms with van der Waals surface area (Å²) in [4.78, 5) is 11.3. The number of carbonyl (C=O) groups excluding carboxylic acids is 1. The number of rotatable bonds is 1. The van der Waals surface area contributed by atoms with Gasteiger partial charge in [-0.1, -0.05) is 6.08 Å². The van der Waals surface area contributed by atoms with Crippen molar-refractivity contribution in [1.82, 2.24) is 5.32 Å². The molecule has 3 heteroatoms. The van der Waals surface area contributed by atoms with Crippen LogP contribution in [-0.4, -0.2) is 18.1 Å². The molecule has 1 aliphatic heterocycles. The molecule has 0 amide bonds. The minimum Gasteiger partial charge on any atom is -0.455 e. The SMILES string of the molecule is CC(C)(C)OC(=O)C1=CCCN1. The third kappa shape index (κ3) is 2.57. The van der Waals surface area contributed by atoms with Crippen LogP contribution in [0.15, 0.2) is 11.8 Å². The summed E-state index contributed by atoms with van der Waals surface area (Å²) in [5.41, 5.74) is 0.201. The first kappa shape index (κ1) is 9.10. The number of hydrogen-bond donors (Lipinski definition) is 1. The number of hydrogen-bond acceptors (Lipinski definition) is 3. The maximum Gasteiger partial charge on any atom is 0.354 e. The van der Waals surface area contributed by atoms with Crippen molar-refractivity contribution in [1.29, 1.82) is 0 Å². The van der Waals surface area contributed by atoms with Gasteiger partial charge in [-0.2, -0.15) is 0 Å². The van der Waals surface area contributed by atoms with E-state index in [0.29, 0.717) is 5.70 Å². The summed E-state index contributed by atoms with van der Waals surface area (Å²) < 4.78 is 5.15. The fourth-order valence-corrected chi connectivity index (χ4v) is 0.984. The molecule has 0 bridgehead atoms. The topological polar surface area (TPSA) is 38.3 Å². The molecule has 1 N–H and O–H groups in total. The van der Waals surface area contributed by atoms with Crippen LogP contribution in [0.1, 0.15) is 27.2 Å². The molecule has 12 heavy (non-hydrogen) atoms. The average molecular weight is 169 g/mol. The van der Waals surface area contributed by atoms with Crippen molar-refractivity contribution in [2.75, 3.05) is 6.54 Å². The summed E-state index contributed by atoms with van der Waals surface area (Å²) in [6.45, 7) is 6.43. The predicted molar refractivity (Wildman–Crippen MR) is 46.5 cm³/mol. The number of nitrogens with one attached hydrogen (secondary N) is 1. The zero-order chi connectivity index (χ0) is 9.19. The Balaban J connectivity index is 2.49. The van der Waals surface area contributed by atoms with Gasteiger partial charge in [0.1, 0.15) is 11.3 Å². The van der Waals surface area contributed by atoms with E-state index < -0.39 is 5.60 Å². The quantitative estimate of drug-likeness (QED) is 0.599. The predicted octanol–water partition coefficient (Wildman–Crippen LogP) is 1.21. The molecule has 1 rings (SSSR count). The van der Waals surface area contributed by atoms with Gasteiger partial charge >= 0.3 is 5.97 Å². The van der Waals surface area contributed by atoms with Crippen molar-refractivity contribution in [3.63, 3.8) is 0 Å². The van der Waals surface area contributed by atoms with Gasteiger partial charge in [0.05, 0.1) is 0 Å². The minimum absolute atomic E-state index is 0.250. The zero-order valence-electron chi connectivity index (χ0n) is 7.81. The molecule has 0 atom stereocenters. The molecule has 0 fully saturated rings. The molecular formula is C9H15NO2. The fraction of sp³-hybridized carbons (Fsp3) is 0.667. The molecule has 0 aromatic carbocycles. The van der Waals surface area contributed by atoms with Crippen molar-refractivity contribution in [3.05, 3.63) is 11.8 Å². The molecule has 0 aromatic rings. The van der Waals surface area contributed by atoms with E-state index in [1.54, 1.807) is 0 Å². The molecule has 0 saturated heterocycles. The van der Waals surface area contributed by atoms with Crippen molar-refractivity contribution in [2.24, 2.45) is 0 Å². The van der Waals surface area contributed by atoms with Crippen molar-refractivity contribution < 1.29 is 9.53 Å². The molecule has 0 aromatic heterocycles. The minimum atomic E-state index is -0.401. The van der Waals surface area contributed by atoms with Crippen molar-refractivity contribution >= 4 is 5.97 Å². The lowest BCUT2D eigenvalue weighted by Crippen LogP contribution is -2.28. The largest absolute Gasteiger partial charge is 0.455 e. The van der Waals surface area contributed by atoms with Crippen LogP contribution in [0.2, 0.25) is 0 Å². The summed E-state index contributed by atoms with van der Waals surface area (Å²) in [5, 5.41) is 2.97. The van der Waals surface area contributed by atoms with E-state index in [4.69, 9.17) is 4.74 Å². The standard InChI is InChI=1S/C9H15NO2/c1-9(2,3)12-8(11)7-5-4-6-10-7/h5,10H,4,6H2,1-3H3. The third-order valence-electron chi connectivity index (χ3n) is 1.43. The van der Waals surface area contributed by atoms with Gasteiger partial charge in [-0.3, -0.25) is 0 Å². The van der Waals surface area contributed by atoms with Crippen LogP contribution < -0.4 is 5.32 Å². The Morgan fingerprint density at radius 2 is 2.25 bits per heavy atom. The van der Waals surface area contributed by atoms with Gasteiger partial charge in [0.25, 0.3) is 0 Å². The first-order valence-corrected chi connectivity index (χ1v) is 4.16. The Hall–Kier alpha value is -0.990. The van der Waals surface area contributed by atoms with E-state index in [0.717, 1.165) is 13.0 Å². The Morgan fingerprint density at radius 1 is 1.58 bits per heavy atom. The Bertz CT molecular complexity index is 213. The lowest BCUT2D eigenvalue weighted by atomic mass is 10.2. The van der Waals surface area contributed by atoms with Gasteiger partial charge in [0, 0.05) is 6.54 Å². The molecule has 1 aliphatic rings. The van der Waals surface area contributed by atoms with Crippen molar-refractivity contribution in [2.45, 2.75) is 32.8 Å². The number of carbonyl (C=O) groups is 1. The summed E-state index contributed by atoms with van der Waals surface area (Å²) in [6, 6.07) is 0. The molecule has 0 spiro atoms. The second-order valence-corrected chi connectivity index (χ2v) is 3.84. The summed E-state index contributed by atoms with van der Waals surface area (Å²) in [6.07, 6.45) is 2.78. The van der Waals surface area contributed by atoms with Crippen LogP contribution in [0.4, 0.5) is 0 Å². The van der Waals surface area contributed by atoms with Crippen LogP contribution >= 0.6 is 0 Å². The Morgan fingerprint density at radius 3 is 2.67 bits per heavy atom. The van der Waals surface area contributed by atoms with Gasteiger partial charge < -0.3 is 10.1 Å². The number of ether oxygens (including phenoxy) is 1. The highest BCUT2D eigenvalue weighted by atomic mass is 16.6. The first-order chi connectivity index (χ1) is 5.49. The van der Waals surface area contributed by atoms with Crippen LogP contribution in [0, 0.1) is 0 Å². The zero-order valence-corrected chi connectivity index (χ0v) is 7.81. The van der Waals surface area contributed by atoms with Crippen molar-refractivity contribution in [3.8, 4) is 0 Å². The van der Waals surface area contributed by atoms with Gasteiger partial charge in [-0.25, -0.2) is 4.79 Å². The van der Waals surface area contributed by atoms with E-state index in [9.17, 15) is 4.79 Å². The highest BCUT2D eigenvalue weighted by Crippen LogP contribution is 2.11. The van der Waals surface area contributed by atoms with Gasteiger partial charge in [-0.15, -0.1) is 0 Å².